The van der Waals surface area contributed by atoms with Crippen molar-refractivity contribution in [2.24, 2.45) is 0 Å². The molecule has 0 radical (unpaired) electrons. The Labute approximate surface area is 437 Å². The summed E-state index contributed by atoms with van der Waals surface area (Å²) in [5.74, 6) is -0.215. The SMILES string of the molecule is CC/C=C\C/C=C\C/C=C\C/C=C\C/C=C\C/C=C\C/C=C\C/C=C\CCCCCCCCCCCCCCCCCCC(=O)NC(COP(=O)([O-])OCC[N+](C)(C)C)C(O)/C=C/CC/C=C/CCCC. The van der Waals surface area contributed by atoms with Crippen molar-refractivity contribution in [2.45, 2.75) is 225 Å². The average Bonchev–Trinajstić information content (AvgIpc) is 3.33. The van der Waals surface area contributed by atoms with Gasteiger partial charge in [0.15, 0.2) is 0 Å². The summed E-state index contributed by atoms with van der Waals surface area (Å²) < 4.78 is 23.1. The maximum absolute atomic E-state index is 12.9. The molecule has 2 N–H and O–H groups in total. The number of nitrogens with zero attached hydrogens (tertiary/aromatic N) is 1. The number of phosphoric ester groups is 1. The zero-order chi connectivity index (χ0) is 52.0. The van der Waals surface area contributed by atoms with Crippen LogP contribution in [-0.4, -0.2) is 68.5 Å². The highest BCUT2D eigenvalue weighted by atomic mass is 31.2. The van der Waals surface area contributed by atoms with Crippen molar-refractivity contribution in [3.8, 4) is 0 Å². The second kappa shape index (κ2) is 51.8. The Balaban J connectivity index is 3.90. The number of carbonyl (C=O) groups excluding carboxylic acids is 1. The van der Waals surface area contributed by atoms with E-state index in [9.17, 15) is 19.4 Å². The van der Waals surface area contributed by atoms with Crippen molar-refractivity contribution in [1.82, 2.24) is 5.32 Å². The quantitative estimate of drug-likeness (QED) is 0.0272. The van der Waals surface area contributed by atoms with Gasteiger partial charge in [0.25, 0.3) is 7.82 Å². The van der Waals surface area contributed by atoms with E-state index in [1.807, 2.05) is 27.2 Å². The Kier molecular flexibility index (Phi) is 49.5. The number of quaternary nitrogens is 1. The van der Waals surface area contributed by atoms with Crippen molar-refractivity contribution in [1.29, 1.82) is 0 Å². The van der Waals surface area contributed by atoms with Gasteiger partial charge in [0, 0.05) is 6.42 Å². The Morgan fingerprint density at radius 3 is 1.31 bits per heavy atom. The minimum Gasteiger partial charge on any atom is -0.756 e. The van der Waals surface area contributed by atoms with Gasteiger partial charge in [-0.15, -0.1) is 0 Å². The summed E-state index contributed by atoms with van der Waals surface area (Å²) in [6, 6.07) is -0.906. The zero-order valence-electron chi connectivity index (χ0n) is 46.1. The molecule has 71 heavy (non-hydrogen) atoms. The fraction of sp³-hybridized carbons (Fsp3) is 0.661. The summed E-state index contributed by atoms with van der Waals surface area (Å²) in [7, 11) is 1.23. The van der Waals surface area contributed by atoms with E-state index in [0.717, 1.165) is 96.3 Å². The number of carbonyl (C=O) groups is 1. The Morgan fingerprint density at radius 2 is 0.873 bits per heavy atom. The number of amides is 1. The van der Waals surface area contributed by atoms with E-state index >= 15 is 0 Å². The van der Waals surface area contributed by atoms with Gasteiger partial charge >= 0.3 is 0 Å². The molecule has 9 heteroatoms. The van der Waals surface area contributed by atoms with Crippen LogP contribution in [0.3, 0.4) is 0 Å². The highest BCUT2D eigenvalue weighted by molar-refractivity contribution is 7.45. The molecule has 0 saturated carbocycles. The number of hydrogen-bond acceptors (Lipinski definition) is 6. The standard InChI is InChI=1S/C62H107N2O6P/c1-6-8-10-12-14-16-17-18-19-20-21-22-23-24-25-26-27-28-29-30-31-32-33-34-35-36-37-38-39-40-41-42-43-44-45-46-47-48-50-52-54-56-62(66)63-60(59-70-71(67,68)69-58-57-64(3,4)5)61(65)55-53-51-49-15-13-11-9-7-2/h8,10,13-16,18-19,21-22,24-25,27-28,30-31,33-34,53,55,60-61,65H,6-7,9,11-12,17,20,23,26,29,32,35-52,54,56-59H2,1-5H3,(H-,63,66,67,68)/b10-8-,15-13+,16-14-,19-18-,22-21-,25-24-,28-27-,31-30-,34-33-,55-53+. The molecular weight excluding hydrogens is 900 g/mol. The molecule has 0 aliphatic carbocycles. The van der Waals surface area contributed by atoms with Crippen molar-refractivity contribution < 1.29 is 32.9 Å². The van der Waals surface area contributed by atoms with Crippen LogP contribution in [0.15, 0.2) is 122 Å². The monoisotopic (exact) mass is 1010 g/mol. The smallest absolute Gasteiger partial charge is 0.268 e. The molecule has 3 unspecified atom stereocenters. The van der Waals surface area contributed by atoms with E-state index in [-0.39, 0.29) is 12.5 Å². The Bertz CT molecular complexity index is 1560. The number of hydrogen-bond donors (Lipinski definition) is 2. The minimum atomic E-state index is -4.60. The summed E-state index contributed by atoms with van der Waals surface area (Å²) >= 11 is 0. The van der Waals surface area contributed by atoms with E-state index < -0.39 is 26.6 Å². The zero-order valence-corrected chi connectivity index (χ0v) is 47.0. The lowest BCUT2D eigenvalue weighted by Gasteiger charge is -2.29. The van der Waals surface area contributed by atoms with Gasteiger partial charge in [0.1, 0.15) is 13.2 Å². The number of unbranched alkanes of at least 4 members (excludes halogenated alkanes) is 19. The van der Waals surface area contributed by atoms with Crippen LogP contribution in [0.4, 0.5) is 0 Å². The second-order valence-corrected chi connectivity index (χ2v) is 21.3. The van der Waals surface area contributed by atoms with Gasteiger partial charge in [-0.2, -0.15) is 0 Å². The van der Waals surface area contributed by atoms with Gasteiger partial charge in [-0.25, -0.2) is 0 Å². The fourth-order valence-electron chi connectivity index (χ4n) is 7.46. The molecule has 0 aliphatic rings. The fourth-order valence-corrected chi connectivity index (χ4v) is 8.19. The molecule has 0 aromatic carbocycles. The third-order valence-electron chi connectivity index (χ3n) is 11.9. The van der Waals surface area contributed by atoms with Crippen LogP contribution < -0.4 is 10.2 Å². The highest BCUT2D eigenvalue weighted by Gasteiger charge is 2.23. The van der Waals surface area contributed by atoms with E-state index in [4.69, 9.17) is 9.05 Å². The lowest BCUT2D eigenvalue weighted by Crippen LogP contribution is -2.45. The van der Waals surface area contributed by atoms with Gasteiger partial charge < -0.3 is 28.8 Å². The Morgan fingerprint density at radius 1 is 0.507 bits per heavy atom. The van der Waals surface area contributed by atoms with E-state index in [1.165, 1.54) is 96.3 Å². The van der Waals surface area contributed by atoms with E-state index in [1.54, 1.807) is 6.08 Å². The highest BCUT2D eigenvalue weighted by Crippen LogP contribution is 2.38. The lowest BCUT2D eigenvalue weighted by atomic mass is 10.0. The normalized spacial score (nSPS) is 14.9. The number of nitrogens with one attached hydrogen (secondary N) is 1. The maximum Gasteiger partial charge on any atom is 0.268 e. The van der Waals surface area contributed by atoms with Gasteiger partial charge in [-0.1, -0.05) is 238 Å². The molecule has 406 valence electrons. The molecule has 0 bridgehead atoms. The third kappa shape index (κ3) is 54.5. The second-order valence-electron chi connectivity index (χ2n) is 19.9. The van der Waals surface area contributed by atoms with Crippen LogP contribution in [0.25, 0.3) is 0 Å². The third-order valence-corrected chi connectivity index (χ3v) is 12.9. The van der Waals surface area contributed by atoms with E-state index in [0.29, 0.717) is 17.4 Å². The number of aliphatic hydroxyl groups is 1. The van der Waals surface area contributed by atoms with Crippen molar-refractivity contribution in [3.63, 3.8) is 0 Å². The summed E-state index contributed by atoms with van der Waals surface area (Å²) in [5.41, 5.74) is 0. The molecule has 0 aromatic rings. The molecule has 8 nitrogen and oxygen atoms in total. The van der Waals surface area contributed by atoms with Crippen LogP contribution in [0, 0.1) is 0 Å². The molecule has 0 rings (SSSR count). The summed E-state index contributed by atoms with van der Waals surface area (Å²) in [6.07, 6.45) is 77.5. The Hall–Kier alpha value is -3.10. The molecule has 0 saturated heterocycles. The number of phosphoric acid groups is 1. The molecule has 3 atom stereocenters. The first-order valence-electron chi connectivity index (χ1n) is 28.4. The van der Waals surface area contributed by atoms with Gasteiger partial charge in [0.05, 0.1) is 39.9 Å². The largest absolute Gasteiger partial charge is 0.756 e. The van der Waals surface area contributed by atoms with Gasteiger partial charge in [0.2, 0.25) is 5.91 Å². The van der Waals surface area contributed by atoms with Crippen molar-refractivity contribution in [3.05, 3.63) is 122 Å². The maximum atomic E-state index is 12.9. The topological polar surface area (TPSA) is 108 Å². The molecule has 0 heterocycles. The van der Waals surface area contributed by atoms with Gasteiger partial charge in [-0.05, 0) is 89.9 Å². The first-order chi connectivity index (χ1) is 34.5. The van der Waals surface area contributed by atoms with Crippen LogP contribution in [0.2, 0.25) is 0 Å². The minimum absolute atomic E-state index is 0.0108. The molecule has 0 spiro atoms. The van der Waals surface area contributed by atoms with Gasteiger partial charge in [-0.3, -0.25) is 9.36 Å². The number of likely N-dealkylation sites (N-methyl/N-ethyl adjacent to an activating group) is 1. The number of aliphatic hydroxyl groups excluding tert-OH is 1. The van der Waals surface area contributed by atoms with Crippen LogP contribution in [0.5, 0.6) is 0 Å². The first-order valence-corrected chi connectivity index (χ1v) is 29.9. The average molecular weight is 1010 g/mol. The molecule has 0 aliphatic heterocycles. The van der Waals surface area contributed by atoms with E-state index in [2.05, 4.69) is 129 Å². The molecular formula is C62H107N2O6P. The van der Waals surface area contributed by atoms with Crippen molar-refractivity contribution in [2.75, 3.05) is 40.9 Å². The van der Waals surface area contributed by atoms with Crippen molar-refractivity contribution >= 4 is 13.7 Å². The van der Waals surface area contributed by atoms with Crippen LogP contribution in [0.1, 0.15) is 213 Å². The molecule has 1 amide bonds. The number of rotatable bonds is 50. The predicted octanol–water partition coefficient (Wildman–Crippen LogP) is 16.7. The predicted molar refractivity (Wildman–Crippen MR) is 306 cm³/mol. The summed E-state index contributed by atoms with van der Waals surface area (Å²) in [6.45, 7) is 4.41. The summed E-state index contributed by atoms with van der Waals surface area (Å²) in [5, 5.41) is 13.7. The lowest BCUT2D eigenvalue weighted by molar-refractivity contribution is -0.870. The molecule has 0 aromatic heterocycles. The number of allylic oxidation sites excluding steroid dienone is 19. The van der Waals surface area contributed by atoms with Crippen LogP contribution >= 0.6 is 7.82 Å². The summed E-state index contributed by atoms with van der Waals surface area (Å²) in [4.78, 5) is 25.3. The van der Waals surface area contributed by atoms with Crippen LogP contribution in [-0.2, 0) is 18.4 Å². The molecule has 0 fully saturated rings. The first kappa shape index (κ1) is 67.9.